The fourth-order valence-electron chi connectivity index (χ4n) is 1.44. The van der Waals surface area contributed by atoms with Crippen molar-refractivity contribution in [3.63, 3.8) is 0 Å². The van der Waals surface area contributed by atoms with Crippen LogP contribution < -0.4 is 4.74 Å². The number of hydrogen-bond donors (Lipinski definition) is 1. The van der Waals surface area contributed by atoms with E-state index in [9.17, 15) is 0 Å². The topological polar surface area (TPSA) is 76.1 Å². The summed E-state index contributed by atoms with van der Waals surface area (Å²) in [6.45, 7) is 8.74. The Labute approximate surface area is 117 Å². The van der Waals surface area contributed by atoms with Gasteiger partial charge in [0.2, 0.25) is 5.69 Å². The van der Waals surface area contributed by atoms with Crippen LogP contribution in [0.25, 0.3) is 4.85 Å². The zero-order valence-electron chi connectivity index (χ0n) is 11.0. The fraction of sp³-hybridized carbons (Fsp3) is 0.429. The van der Waals surface area contributed by atoms with Crippen LogP contribution in [0.5, 0.6) is 5.75 Å². The van der Waals surface area contributed by atoms with Crippen molar-refractivity contribution in [1.82, 2.24) is 0 Å². The Morgan fingerprint density at radius 2 is 1.85 bits per heavy atom. The van der Waals surface area contributed by atoms with Crippen molar-refractivity contribution in [2.45, 2.75) is 0 Å². The maximum absolute atomic E-state index is 9.01. The SMILES string of the molecule is [C-]#[N+]c1cccc(OCCOCCOCCO)c1C#N. The van der Waals surface area contributed by atoms with Gasteiger partial charge in [-0.2, -0.15) is 5.26 Å². The first-order valence-electron chi connectivity index (χ1n) is 6.13. The summed E-state index contributed by atoms with van der Waals surface area (Å²) < 4.78 is 15.7. The van der Waals surface area contributed by atoms with Gasteiger partial charge in [0.05, 0.1) is 45.7 Å². The molecule has 6 heteroatoms. The minimum absolute atomic E-state index is 0.00254. The average molecular weight is 276 g/mol. The smallest absolute Gasteiger partial charge is 0.208 e. The van der Waals surface area contributed by atoms with Crippen LogP contribution in [0.1, 0.15) is 5.56 Å². The van der Waals surface area contributed by atoms with E-state index in [1.54, 1.807) is 18.2 Å². The molecule has 0 heterocycles. The van der Waals surface area contributed by atoms with E-state index in [4.69, 9.17) is 31.2 Å². The van der Waals surface area contributed by atoms with E-state index in [-0.39, 0.29) is 24.5 Å². The molecular formula is C14H16N2O4. The standard InChI is InChI=1S/C14H16N2O4/c1-16-13-3-2-4-14(12(13)11-15)20-10-9-19-8-7-18-6-5-17/h2-4,17H,5-10H2. The minimum Gasteiger partial charge on any atom is -0.491 e. The highest BCUT2D eigenvalue weighted by molar-refractivity contribution is 5.64. The van der Waals surface area contributed by atoms with Crippen LogP contribution in [-0.2, 0) is 9.47 Å². The van der Waals surface area contributed by atoms with Crippen molar-refractivity contribution >= 4 is 5.69 Å². The molecule has 106 valence electrons. The second-order valence-electron chi connectivity index (χ2n) is 3.67. The molecule has 0 saturated carbocycles. The summed E-state index contributed by atoms with van der Waals surface area (Å²) in [6, 6.07) is 6.87. The highest BCUT2D eigenvalue weighted by Gasteiger charge is 2.08. The second kappa shape index (κ2) is 9.76. The van der Waals surface area contributed by atoms with Crippen LogP contribution in [0.3, 0.4) is 0 Å². The molecule has 0 saturated heterocycles. The average Bonchev–Trinajstić information content (AvgIpc) is 2.49. The lowest BCUT2D eigenvalue weighted by atomic mass is 10.2. The summed E-state index contributed by atoms with van der Waals surface area (Å²) in [7, 11) is 0. The largest absolute Gasteiger partial charge is 0.491 e. The Morgan fingerprint density at radius 1 is 1.15 bits per heavy atom. The Bertz CT molecular complexity index is 491. The van der Waals surface area contributed by atoms with E-state index in [0.717, 1.165) is 0 Å². The minimum atomic E-state index is -0.00254. The van der Waals surface area contributed by atoms with Crippen molar-refractivity contribution in [2.75, 3.05) is 39.6 Å². The molecule has 0 aliphatic rings. The molecule has 1 aromatic rings. The van der Waals surface area contributed by atoms with Gasteiger partial charge in [-0.3, -0.25) is 0 Å². The summed E-state index contributed by atoms with van der Waals surface area (Å²) in [5.41, 5.74) is 0.525. The summed E-state index contributed by atoms with van der Waals surface area (Å²) in [6.07, 6.45) is 0. The second-order valence-corrected chi connectivity index (χ2v) is 3.67. The third kappa shape index (κ3) is 5.25. The Morgan fingerprint density at radius 3 is 2.50 bits per heavy atom. The molecule has 1 rings (SSSR count). The zero-order chi connectivity index (χ0) is 14.6. The van der Waals surface area contributed by atoms with Crippen molar-refractivity contribution in [3.8, 4) is 11.8 Å². The van der Waals surface area contributed by atoms with E-state index in [1.807, 2.05) is 6.07 Å². The van der Waals surface area contributed by atoms with E-state index in [0.29, 0.717) is 32.2 Å². The number of aliphatic hydroxyl groups is 1. The van der Waals surface area contributed by atoms with Crippen LogP contribution in [0.2, 0.25) is 0 Å². The van der Waals surface area contributed by atoms with Gasteiger partial charge in [0.25, 0.3) is 0 Å². The number of benzene rings is 1. The van der Waals surface area contributed by atoms with Crippen molar-refractivity contribution < 1.29 is 19.3 Å². The number of aliphatic hydroxyl groups excluding tert-OH is 1. The predicted octanol–water partition coefficient (Wildman–Crippen LogP) is 1.51. The van der Waals surface area contributed by atoms with Gasteiger partial charge in [-0.15, -0.1) is 0 Å². The molecule has 20 heavy (non-hydrogen) atoms. The molecule has 0 unspecified atom stereocenters. The van der Waals surface area contributed by atoms with Gasteiger partial charge in [-0.25, -0.2) is 4.85 Å². The molecule has 0 aromatic heterocycles. The van der Waals surface area contributed by atoms with Gasteiger partial charge in [0.1, 0.15) is 17.9 Å². The highest BCUT2D eigenvalue weighted by atomic mass is 16.5. The highest BCUT2D eigenvalue weighted by Crippen LogP contribution is 2.27. The monoisotopic (exact) mass is 276 g/mol. The number of nitriles is 1. The van der Waals surface area contributed by atoms with Crippen LogP contribution >= 0.6 is 0 Å². The van der Waals surface area contributed by atoms with E-state index < -0.39 is 0 Å². The Hall–Kier alpha value is -2.12. The van der Waals surface area contributed by atoms with Crippen molar-refractivity contribution in [1.29, 1.82) is 5.26 Å². The first-order chi connectivity index (χ1) is 9.83. The normalized spacial score (nSPS) is 9.75. The Kier molecular flexibility index (Phi) is 7.78. The van der Waals surface area contributed by atoms with E-state index in [2.05, 4.69) is 4.85 Å². The molecular weight excluding hydrogens is 260 g/mol. The summed E-state index contributed by atoms with van der Waals surface area (Å²) >= 11 is 0. The van der Waals surface area contributed by atoms with E-state index in [1.165, 1.54) is 0 Å². The number of hydrogen-bond acceptors (Lipinski definition) is 5. The maximum Gasteiger partial charge on any atom is 0.208 e. The van der Waals surface area contributed by atoms with Crippen molar-refractivity contribution in [3.05, 3.63) is 35.2 Å². The van der Waals surface area contributed by atoms with Crippen LogP contribution in [0.4, 0.5) is 5.69 Å². The Balaban J connectivity index is 2.29. The number of nitrogens with zero attached hydrogens (tertiary/aromatic N) is 2. The quantitative estimate of drug-likeness (QED) is 0.546. The molecule has 0 spiro atoms. The molecule has 1 N–H and O–H groups in total. The van der Waals surface area contributed by atoms with Gasteiger partial charge in [0.15, 0.2) is 0 Å². The molecule has 0 fully saturated rings. The molecule has 0 amide bonds. The van der Waals surface area contributed by atoms with Gasteiger partial charge < -0.3 is 19.3 Å². The predicted molar refractivity (Wildman–Crippen MR) is 71.6 cm³/mol. The zero-order valence-corrected chi connectivity index (χ0v) is 11.0. The summed E-state index contributed by atoms with van der Waals surface area (Å²) in [4.78, 5) is 3.27. The van der Waals surface area contributed by atoms with Gasteiger partial charge >= 0.3 is 0 Å². The molecule has 0 radical (unpaired) electrons. The third-order valence-corrected chi connectivity index (χ3v) is 2.33. The molecule has 0 bridgehead atoms. The van der Waals surface area contributed by atoms with Gasteiger partial charge in [-0.05, 0) is 6.07 Å². The number of ether oxygens (including phenoxy) is 3. The first kappa shape index (κ1) is 15.9. The molecule has 0 atom stereocenters. The number of rotatable bonds is 9. The lowest BCUT2D eigenvalue weighted by Gasteiger charge is -2.09. The maximum atomic E-state index is 9.01. The van der Waals surface area contributed by atoms with E-state index >= 15 is 0 Å². The fourth-order valence-corrected chi connectivity index (χ4v) is 1.44. The molecule has 6 nitrogen and oxygen atoms in total. The van der Waals surface area contributed by atoms with Crippen LogP contribution in [0.15, 0.2) is 18.2 Å². The molecule has 0 aliphatic heterocycles. The van der Waals surface area contributed by atoms with Gasteiger partial charge in [0, 0.05) is 0 Å². The van der Waals surface area contributed by atoms with Crippen molar-refractivity contribution in [2.24, 2.45) is 0 Å². The van der Waals surface area contributed by atoms with Crippen LogP contribution in [0, 0.1) is 17.9 Å². The molecule has 1 aromatic carbocycles. The summed E-state index contributed by atoms with van der Waals surface area (Å²) in [5.74, 6) is 0.390. The third-order valence-electron chi connectivity index (χ3n) is 2.33. The summed E-state index contributed by atoms with van der Waals surface area (Å²) in [5, 5.41) is 17.5. The van der Waals surface area contributed by atoms with Crippen LogP contribution in [-0.4, -0.2) is 44.7 Å². The lowest BCUT2D eigenvalue weighted by molar-refractivity contribution is 0.0247. The lowest BCUT2D eigenvalue weighted by Crippen LogP contribution is -2.12. The van der Waals surface area contributed by atoms with Gasteiger partial charge in [-0.1, -0.05) is 12.1 Å². The molecule has 0 aliphatic carbocycles. The first-order valence-corrected chi connectivity index (χ1v) is 6.13.